The SMILES string of the molecule is C[C@@]1(O)CC[C@]2(C)[C@H]3CC[C@]4(C)[C@@H](C(=O)Cn5nc6cc(F)cc(F)c6n5)CC[C@H]4[C@@H]3CCC2(N)C1. The molecule has 6 rings (SSSR count). The van der Waals surface area contributed by atoms with Crippen molar-refractivity contribution in [2.45, 2.75) is 96.2 Å². The molecule has 0 saturated heterocycles. The number of rotatable bonds is 3. The molecule has 1 unspecified atom stereocenters. The lowest BCUT2D eigenvalue weighted by Crippen LogP contribution is -2.68. The van der Waals surface area contributed by atoms with Gasteiger partial charge in [-0.3, -0.25) is 4.79 Å². The molecule has 196 valence electrons. The summed E-state index contributed by atoms with van der Waals surface area (Å²) in [4.78, 5) is 14.8. The van der Waals surface area contributed by atoms with E-state index >= 15 is 0 Å². The molecule has 8 atom stereocenters. The van der Waals surface area contributed by atoms with Crippen molar-refractivity contribution in [3.05, 3.63) is 23.8 Å². The summed E-state index contributed by atoms with van der Waals surface area (Å²) in [6.45, 7) is 6.58. The summed E-state index contributed by atoms with van der Waals surface area (Å²) in [5, 5.41) is 19.1. The van der Waals surface area contributed by atoms with E-state index in [1.165, 1.54) is 4.80 Å². The summed E-state index contributed by atoms with van der Waals surface area (Å²) < 4.78 is 27.7. The van der Waals surface area contributed by atoms with E-state index < -0.39 is 17.2 Å². The standard InChI is InChI=1S/C28H38F2N4O2/c1-25(36)10-11-27(3)19-7-8-26(2)18(17(19)6-9-28(27,31)15-25)4-5-20(26)23(35)14-34-32-22-13-16(29)12-21(30)24(22)33-34/h12-13,17-20,36H,4-11,14-15,31H2,1-3H3/t17-,18-,19-,20+,25+,26-,27+,28?/m0/s1. The molecule has 8 heteroatoms. The summed E-state index contributed by atoms with van der Waals surface area (Å²) in [6.07, 6.45) is 8.35. The van der Waals surface area contributed by atoms with Gasteiger partial charge in [-0.1, -0.05) is 13.8 Å². The molecule has 36 heavy (non-hydrogen) atoms. The number of Topliss-reactive ketones (excluding diaryl/α,β-unsaturated/α-hetero) is 1. The molecular weight excluding hydrogens is 462 g/mol. The lowest BCUT2D eigenvalue weighted by atomic mass is 9.41. The molecule has 3 N–H and O–H groups in total. The number of fused-ring (bicyclic) bond motifs is 6. The quantitative estimate of drug-likeness (QED) is 0.633. The zero-order valence-electron chi connectivity index (χ0n) is 21.6. The second-order valence-electron chi connectivity index (χ2n) is 13.3. The average Bonchev–Trinajstić information content (AvgIpc) is 3.34. The number of carbonyl (C=O) groups is 1. The zero-order valence-corrected chi connectivity index (χ0v) is 21.6. The predicted molar refractivity (Wildman–Crippen MR) is 132 cm³/mol. The Morgan fingerprint density at radius 3 is 2.61 bits per heavy atom. The number of hydrogen-bond acceptors (Lipinski definition) is 5. The second-order valence-corrected chi connectivity index (χ2v) is 13.3. The molecular formula is C28H38F2N4O2. The Bertz CT molecular complexity index is 1230. The number of hydrogen-bond donors (Lipinski definition) is 2. The molecule has 4 saturated carbocycles. The van der Waals surface area contributed by atoms with E-state index in [0.29, 0.717) is 24.2 Å². The molecule has 1 heterocycles. The van der Waals surface area contributed by atoms with Crippen LogP contribution in [0.2, 0.25) is 0 Å². The molecule has 1 aromatic carbocycles. The van der Waals surface area contributed by atoms with E-state index in [2.05, 4.69) is 24.0 Å². The lowest BCUT2D eigenvalue weighted by molar-refractivity contribution is -0.160. The van der Waals surface area contributed by atoms with Gasteiger partial charge >= 0.3 is 0 Å². The van der Waals surface area contributed by atoms with Gasteiger partial charge in [-0.2, -0.15) is 9.90 Å². The van der Waals surface area contributed by atoms with Gasteiger partial charge in [-0.25, -0.2) is 8.78 Å². The lowest BCUT2D eigenvalue weighted by Gasteiger charge is -2.65. The van der Waals surface area contributed by atoms with Crippen molar-refractivity contribution >= 4 is 16.8 Å². The Balaban J connectivity index is 1.22. The minimum Gasteiger partial charge on any atom is -0.390 e. The second kappa shape index (κ2) is 7.79. The number of ketones is 1. The van der Waals surface area contributed by atoms with Gasteiger partial charge in [0.1, 0.15) is 23.4 Å². The average molecular weight is 501 g/mol. The molecule has 4 fully saturated rings. The molecule has 0 radical (unpaired) electrons. The maximum absolute atomic E-state index is 14.1. The third-order valence-corrected chi connectivity index (χ3v) is 11.3. The Labute approximate surface area is 211 Å². The number of carbonyl (C=O) groups excluding carboxylic acids is 1. The Morgan fingerprint density at radius 1 is 1.06 bits per heavy atom. The van der Waals surface area contributed by atoms with Crippen LogP contribution in [-0.4, -0.2) is 37.0 Å². The fraction of sp³-hybridized carbons (Fsp3) is 0.750. The normalized spacial score (nSPS) is 44.2. The van der Waals surface area contributed by atoms with Crippen LogP contribution in [0, 0.1) is 46.1 Å². The third-order valence-electron chi connectivity index (χ3n) is 11.3. The number of aromatic nitrogens is 3. The number of aliphatic hydroxyl groups is 1. The third kappa shape index (κ3) is 3.43. The number of nitrogens with zero attached hydrogens (tertiary/aromatic N) is 3. The predicted octanol–water partition coefficient (Wildman–Crippen LogP) is 4.77. The van der Waals surface area contributed by atoms with Crippen LogP contribution < -0.4 is 5.73 Å². The van der Waals surface area contributed by atoms with Gasteiger partial charge in [-0.05, 0) is 93.3 Å². The largest absolute Gasteiger partial charge is 0.390 e. The van der Waals surface area contributed by atoms with Crippen molar-refractivity contribution in [3.8, 4) is 0 Å². The molecule has 6 nitrogen and oxygen atoms in total. The van der Waals surface area contributed by atoms with Crippen molar-refractivity contribution in [2.24, 2.45) is 40.2 Å². The molecule has 0 amide bonds. The van der Waals surface area contributed by atoms with Crippen LogP contribution >= 0.6 is 0 Å². The Morgan fingerprint density at radius 2 is 1.83 bits per heavy atom. The van der Waals surface area contributed by atoms with Crippen LogP contribution in [0.3, 0.4) is 0 Å². The van der Waals surface area contributed by atoms with E-state index in [1.54, 1.807) is 0 Å². The van der Waals surface area contributed by atoms with Crippen LogP contribution in [0.4, 0.5) is 8.78 Å². The van der Waals surface area contributed by atoms with Crippen molar-refractivity contribution in [1.29, 1.82) is 0 Å². The summed E-state index contributed by atoms with van der Waals surface area (Å²) >= 11 is 0. The number of benzene rings is 1. The maximum Gasteiger partial charge on any atom is 0.159 e. The van der Waals surface area contributed by atoms with Gasteiger partial charge in [-0.15, -0.1) is 5.10 Å². The van der Waals surface area contributed by atoms with Crippen LogP contribution in [0.15, 0.2) is 12.1 Å². The van der Waals surface area contributed by atoms with Gasteiger partial charge in [0.05, 0.1) is 5.60 Å². The van der Waals surface area contributed by atoms with Gasteiger partial charge < -0.3 is 10.8 Å². The maximum atomic E-state index is 14.1. The molecule has 0 aliphatic heterocycles. The highest BCUT2D eigenvalue weighted by Crippen LogP contribution is 2.68. The minimum absolute atomic E-state index is 0.00704. The molecule has 4 aliphatic rings. The van der Waals surface area contributed by atoms with Crippen molar-refractivity contribution < 1.29 is 18.7 Å². The fourth-order valence-corrected chi connectivity index (χ4v) is 9.42. The Kier molecular flexibility index (Phi) is 5.28. The van der Waals surface area contributed by atoms with E-state index in [0.717, 1.165) is 63.5 Å². The summed E-state index contributed by atoms with van der Waals surface area (Å²) in [5.41, 5.74) is 6.12. The van der Waals surface area contributed by atoms with E-state index in [4.69, 9.17) is 5.73 Å². The molecule has 0 bridgehead atoms. The van der Waals surface area contributed by atoms with E-state index in [-0.39, 0.29) is 45.6 Å². The first-order valence-corrected chi connectivity index (χ1v) is 13.6. The topological polar surface area (TPSA) is 94.0 Å². The van der Waals surface area contributed by atoms with E-state index in [1.807, 2.05) is 6.92 Å². The monoisotopic (exact) mass is 500 g/mol. The number of halogens is 2. The first-order valence-electron chi connectivity index (χ1n) is 13.6. The van der Waals surface area contributed by atoms with Gasteiger partial charge in [0, 0.05) is 23.6 Å². The van der Waals surface area contributed by atoms with E-state index in [9.17, 15) is 18.7 Å². The first-order chi connectivity index (χ1) is 16.9. The molecule has 2 aromatic rings. The molecule has 0 spiro atoms. The summed E-state index contributed by atoms with van der Waals surface area (Å²) in [7, 11) is 0. The smallest absolute Gasteiger partial charge is 0.159 e. The van der Waals surface area contributed by atoms with Crippen molar-refractivity contribution in [1.82, 2.24) is 15.0 Å². The van der Waals surface area contributed by atoms with Gasteiger partial charge in [0.25, 0.3) is 0 Å². The minimum atomic E-state index is -0.763. The highest BCUT2D eigenvalue weighted by molar-refractivity contribution is 5.82. The zero-order chi connectivity index (χ0) is 25.7. The summed E-state index contributed by atoms with van der Waals surface area (Å²) in [6, 6.07) is 1.94. The van der Waals surface area contributed by atoms with Crippen molar-refractivity contribution in [2.75, 3.05) is 0 Å². The fourth-order valence-electron chi connectivity index (χ4n) is 9.42. The molecule has 1 aromatic heterocycles. The van der Waals surface area contributed by atoms with Crippen LogP contribution in [0.1, 0.15) is 78.6 Å². The number of nitrogens with two attached hydrogens (primary N) is 1. The van der Waals surface area contributed by atoms with Crippen LogP contribution in [0.25, 0.3) is 11.0 Å². The van der Waals surface area contributed by atoms with Gasteiger partial charge in [0.15, 0.2) is 11.6 Å². The Hall–Kier alpha value is -1.93. The van der Waals surface area contributed by atoms with Crippen molar-refractivity contribution in [3.63, 3.8) is 0 Å². The molecule has 4 aliphatic carbocycles. The van der Waals surface area contributed by atoms with Gasteiger partial charge in [0.2, 0.25) is 0 Å². The van der Waals surface area contributed by atoms with Crippen LogP contribution in [-0.2, 0) is 11.3 Å². The first kappa shape index (κ1) is 24.4. The highest BCUT2D eigenvalue weighted by atomic mass is 19.1. The highest BCUT2D eigenvalue weighted by Gasteiger charge is 2.65. The van der Waals surface area contributed by atoms with Crippen LogP contribution in [0.5, 0.6) is 0 Å². The summed E-state index contributed by atoms with van der Waals surface area (Å²) in [5.74, 6) is 0.0905.